The molecule has 1 aliphatic carbocycles. The van der Waals surface area contributed by atoms with E-state index in [-0.39, 0.29) is 0 Å². The first kappa shape index (κ1) is 15.1. The molecule has 1 aliphatic rings. The highest BCUT2D eigenvalue weighted by molar-refractivity contribution is 7.98. The Morgan fingerprint density at radius 2 is 2.08 bits per heavy atom. The van der Waals surface area contributed by atoms with Gasteiger partial charge >= 0.3 is 0 Å². The molecule has 126 valence electrons. The van der Waals surface area contributed by atoms with Crippen LogP contribution in [0.1, 0.15) is 29.2 Å². The molecular weight excluding hydrogens is 354 g/mol. The highest BCUT2D eigenvalue weighted by Crippen LogP contribution is 2.35. The third-order valence-electron chi connectivity index (χ3n) is 4.28. The van der Waals surface area contributed by atoms with Crippen molar-refractivity contribution in [2.45, 2.75) is 36.6 Å². The van der Waals surface area contributed by atoms with Gasteiger partial charge in [0, 0.05) is 11.1 Å². The van der Waals surface area contributed by atoms with Gasteiger partial charge in [0.05, 0.1) is 10.6 Å². The summed E-state index contributed by atoms with van der Waals surface area (Å²) in [5.41, 5.74) is 2.29. The summed E-state index contributed by atoms with van der Waals surface area (Å²) in [6.07, 6.45) is 6.86. The lowest BCUT2D eigenvalue weighted by Gasteiger charge is -2.08. The van der Waals surface area contributed by atoms with Gasteiger partial charge in [-0.1, -0.05) is 17.8 Å². The highest BCUT2D eigenvalue weighted by atomic mass is 32.2. The van der Waals surface area contributed by atoms with E-state index in [4.69, 9.17) is 4.42 Å². The molecule has 0 amide bonds. The highest BCUT2D eigenvalue weighted by Gasteiger charge is 2.18. The van der Waals surface area contributed by atoms with Crippen LogP contribution in [0.2, 0.25) is 0 Å². The van der Waals surface area contributed by atoms with Crippen LogP contribution in [-0.2, 0) is 18.6 Å². The predicted octanol–water partition coefficient (Wildman–Crippen LogP) is 4.01. The van der Waals surface area contributed by atoms with Gasteiger partial charge in [-0.05, 0) is 49.4 Å². The molecule has 6 nitrogen and oxygen atoms in total. The third-order valence-corrected chi connectivity index (χ3v) is 6.43. The fourth-order valence-electron chi connectivity index (χ4n) is 3.05. The summed E-state index contributed by atoms with van der Waals surface area (Å²) in [6, 6.07) is 8.06. The number of pyridine rings is 1. The lowest BCUT2D eigenvalue weighted by atomic mass is 9.99. The van der Waals surface area contributed by atoms with Crippen molar-refractivity contribution in [3.63, 3.8) is 0 Å². The molecule has 0 unspecified atom stereocenters. The Labute approximate surface area is 152 Å². The number of hydrogen-bond donors (Lipinski definition) is 0. The first-order chi connectivity index (χ1) is 12.4. The summed E-state index contributed by atoms with van der Waals surface area (Å²) >= 11 is 3.33. The maximum Gasteiger partial charge on any atom is 0.257 e. The molecule has 0 fully saturated rings. The fourth-order valence-corrected chi connectivity index (χ4v) is 4.99. The molecule has 0 aliphatic heterocycles. The van der Waals surface area contributed by atoms with Crippen LogP contribution in [0.4, 0.5) is 0 Å². The van der Waals surface area contributed by atoms with Crippen molar-refractivity contribution < 1.29 is 4.42 Å². The largest absolute Gasteiger partial charge is 0.419 e. The molecule has 4 aromatic rings. The van der Waals surface area contributed by atoms with E-state index in [9.17, 15) is 0 Å². The molecule has 4 aromatic heterocycles. The number of thiophene rings is 1. The number of hydrogen-bond acceptors (Lipinski definition) is 7. The summed E-state index contributed by atoms with van der Waals surface area (Å²) in [6.45, 7) is 0. The quantitative estimate of drug-likeness (QED) is 0.506. The summed E-state index contributed by atoms with van der Waals surface area (Å²) in [4.78, 5) is 2.56. The molecule has 0 saturated heterocycles. The van der Waals surface area contributed by atoms with Gasteiger partial charge in [0.15, 0.2) is 10.8 Å². The molecule has 0 N–H and O–H groups in total. The molecule has 0 atom stereocenters. The Morgan fingerprint density at radius 1 is 1.12 bits per heavy atom. The van der Waals surface area contributed by atoms with E-state index >= 15 is 0 Å². The first-order valence-corrected chi connectivity index (χ1v) is 10.0. The van der Waals surface area contributed by atoms with Crippen LogP contribution < -0.4 is 0 Å². The predicted molar refractivity (Wildman–Crippen MR) is 96.8 cm³/mol. The van der Waals surface area contributed by atoms with Crippen LogP contribution in [0.3, 0.4) is 0 Å². The minimum atomic E-state index is 0.577. The van der Waals surface area contributed by atoms with Crippen LogP contribution in [0.15, 0.2) is 40.0 Å². The van der Waals surface area contributed by atoms with Gasteiger partial charge in [-0.2, -0.15) is 0 Å². The number of fused-ring (bicyclic) bond motifs is 2. The van der Waals surface area contributed by atoms with E-state index in [1.165, 1.54) is 36.1 Å². The zero-order chi connectivity index (χ0) is 16.6. The summed E-state index contributed by atoms with van der Waals surface area (Å²) in [5, 5.41) is 17.6. The zero-order valence-electron chi connectivity index (χ0n) is 13.4. The van der Waals surface area contributed by atoms with Gasteiger partial charge in [-0.3, -0.25) is 4.40 Å². The first-order valence-electron chi connectivity index (χ1n) is 8.24. The Kier molecular flexibility index (Phi) is 3.79. The van der Waals surface area contributed by atoms with Gasteiger partial charge < -0.3 is 4.42 Å². The number of thioether (sulfide) groups is 1. The molecule has 0 spiro atoms. The van der Waals surface area contributed by atoms with Gasteiger partial charge in [0.2, 0.25) is 5.89 Å². The smallest absolute Gasteiger partial charge is 0.257 e. The maximum absolute atomic E-state index is 5.87. The minimum absolute atomic E-state index is 0.577. The van der Waals surface area contributed by atoms with Crippen LogP contribution in [0.5, 0.6) is 0 Å². The Bertz CT molecular complexity index is 1010. The van der Waals surface area contributed by atoms with Gasteiger partial charge in [-0.25, -0.2) is 0 Å². The third kappa shape index (κ3) is 2.85. The van der Waals surface area contributed by atoms with E-state index in [1.807, 2.05) is 28.8 Å². The van der Waals surface area contributed by atoms with Crippen molar-refractivity contribution in [1.29, 1.82) is 0 Å². The van der Waals surface area contributed by atoms with Crippen molar-refractivity contribution in [2.75, 3.05) is 0 Å². The average molecular weight is 369 g/mol. The Hall–Kier alpha value is -2.19. The molecule has 0 radical (unpaired) electrons. The molecule has 8 heteroatoms. The molecule has 25 heavy (non-hydrogen) atoms. The Balaban J connectivity index is 1.33. The van der Waals surface area contributed by atoms with Gasteiger partial charge in [0.25, 0.3) is 5.89 Å². The molecule has 0 bridgehead atoms. The van der Waals surface area contributed by atoms with Crippen LogP contribution >= 0.6 is 23.1 Å². The number of rotatable bonds is 4. The normalized spacial score (nSPS) is 14.1. The maximum atomic E-state index is 5.87. The van der Waals surface area contributed by atoms with E-state index < -0.39 is 0 Å². The number of aromatic nitrogens is 5. The number of aryl methyl sites for hydroxylation is 2. The average Bonchev–Trinajstić information content (AvgIpc) is 3.37. The van der Waals surface area contributed by atoms with Crippen LogP contribution in [0, 0.1) is 0 Å². The second kappa shape index (κ2) is 6.27. The molecule has 0 saturated carbocycles. The summed E-state index contributed by atoms with van der Waals surface area (Å²) in [5.74, 6) is 1.81. The Morgan fingerprint density at radius 3 is 3.04 bits per heavy atom. The van der Waals surface area contributed by atoms with Crippen molar-refractivity contribution >= 4 is 28.7 Å². The topological polar surface area (TPSA) is 69.1 Å². The molecule has 0 aromatic carbocycles. The van der Waals surface area contributed by atoms with E-state index in [2.05, 4.69) is 26.5 Å². The van der Waals surface area contributed by atoms with Crippen molar-refractivity contribution in [3.8, 4) is 10.8 Å². The standard InChI is InChI=1S/C17H15N5OS2/c1-2-6-12-11(5-1)9-13(25-12)16-20-19-15(23-16)10-24-17-21-18-14-7-3-4-8-22(14)17/h3-4,7-9H,1-2,5-6,10H2. The molecular formula is C17H15N5OS2. The number of nitrogens with zero attached hydrogens (tertiary/aromatic N) is 5. The SMILES string of the molecule is c1ccn2c(SCc3nnc(-c4cc5c(s4)CCCC5)o3)nnc2c1. The van der Waals surface area contributed by atoms with Crippen molar-refractivity contribution in [1.82, 2.24) is 24.8 Å². The van der Waals surface area contributed by atoms with E-state index in [1.54, 1.807) is 23.1 Å². The lowest BCUT2D eigenvalue weighted by Crippen LogP contribution is -1.96. The van der Waals surface area contributed by atoms with Crippen molar-refractivity contribution in [3.05, 3.63) is 46.8 Å². The van der Waals surface area contributed by atoms with Crippen molar-refractivity contribution in [2.24, 2.45) is 0 Å². The monoisotopic (exact) mass is 369 g/mol. The lowest BCUT2D eigenvalue weighted by molar-refractivity contribution is 0.529. The van der Waals surface area contributed by atoms with E-state index in [0.717, 1.165) is 15.7 Å². The summed E-state index contributed by atoms with van der Waals surface area (Å²) in [7, 11) is 0. The minimum Gasteiger partial charge on any atom is -0.419 e. The fraction of sp³-hybridized carbons (Fsp3) is 0.294. The zero-order valence-corrected chi connectivity index (χ0v) is 15.0. The second-order valence-corrected chi connectivity index (χ2v) is 8.05. The van der Waals surface area contributed by atoms with Crippen LogP contribution in [0.25, 0.3) is 16.4 Å². The van der Waals surface area contributed by atoms with Gasteiger partial charge in [0.1, 0.15) is 0 Å². The molecule has 5 rings (SSSR count). The summed E-state index contributed by atoms with van der Waals surface area (Å²) < 4.78 is 7.82. The van der Waals surface area contributed by atoms with Gasteiger partial charge in [-0.15, -0.1) is 31.7 Å². The second-order valence-electron chi connectivity index (χ2n) is 5.97. The molecule has 4 heterocycles. The van der Waals surface area contributed by atoms with E-state index in [0.29, 0.717) is 17.5 Å². The van der Waals surface area contributed by atoms with Crippen LogP contribution in [-0.4, -0.2) is 24.8 Å².